The third-order valence-electron chi connectivity index (χ3n) is 4.39. The van der Waals surface area contributed by atoms with E-state index in [0.717, 1.165) is 11.3 Å². The van der Waals surface area contributed by atoms with E-state index in [9.17, 15) is 4.79 Å². The highest BCUT2D eigenvalue weighted by molar-refractivity contribution is 5.94. The number of amides is 1. The monoisotopic (exact) mass is 274 g/mol. The Hall–Kier alpha value is -1.51. The van der Waals surface area contributed by atoms with Crippen molar-refractivity contribution < 1.29 is 4.79 Å². The second kappa shape index (κ2) is 6.29. The van der Waals surface area contributed by atoms with Crippen LogP contribution in [-0.4, -0.2) is 30.9 Å². The zero-order valence-electron chi connectivity index (χ0n) is 13.0. The van der Waals surface area contributed by atoms with Gasteiger partial charge in [-0.25, -0.2) is 0 Å². The van der Waals surface area contributed by atoms with Crippen LogP contribution in [0.5, 0.6) is 0 Å². The summed E-state index contributed by atoms with van der Waals surface area (Å²) >= 11 is 0. The summed E-state index contributed by atoms with van der Waals surface area (Å²) < 4.78 is 0. The van der Waals surface area contributed by atoms with Crippen LogP contribution in [0, 0.1) is 11.8 Å². The Kier molecular flexibility index (Phi) is 4.69. The fourth-order valence-corrected chi connectivity index (χ4v) is 3.16. The maximum Gasteiger partial charge on any atom is 0.253 e. The van der Waals surface area contributed by atoms with Crippen molar-refractivity contribution in [3.63, 3.8) is 0 Å². The number of nitrogens with zero attached hydrogens (tertiary/aromatic N) is 1. The molecule has 0 heterocycles. The maximum absolute atomic E-state index is 12.0. The smallest absolute Gasteiger partial charge is 0.253 e. The van der Waals surface area contributed by atoms with Crippen LogP contribution in [0.15, 0.2) is 24.3 Å². The molecule has 1 aromatic carbocycles. The average molecular weight is 274 g/mol. The highest BCUT2D eigenvalue weighted by Gasteiger charge is 2.27. The molecule has 1 N–H and O–H groups in total. The second-order valence-corrected chi connectivity index (χ2v) is 6.34. The van der Waals surface area contributed by atoms with Crippen molar-refractivity contribution in [1.82, 2.24) is 4.90 Å². The van der Waals surface area contributed by atoms with E-state index in [0.29, 0.717) is 17.9 Å². The molecular weight excluding hydrogens is 248 g/mol. The molecule has 3 heteroatoms. The van der Waals surface area contributed by atoms with E-state index >= 15 is 0 Å². The van der Waals surface area contributed by atoms with Crippen molar-refractivity contribution in [2.75, 3.05) is 19.4 Å². The zero-order chi connectivity index (χ0) is 14.7. The SMILES string of the molecule is CC1CCCC(C)C1Nc1cccc(C(=O)N(C)C)c1. The van der Waals surface area contributed by atoms with E-state index in [1.165, 1.54) is 19.3 Å². The van der Waals surface area contributed by atoms with E-state index < -0.39 is 0 Å². The average Bonchev–Trinajstić information content (AvgIpc) is 2.42. The topological polar surface area (TPSA) is 32.3 Å². The lowest BCUT2D eigenvalue weighted by atomic mass is 9.78. The van der Waals surface area contributed by atoms with Gasteiger partial charge in [-0.1, -0.05) is 26.3 Å². The van der Waals surface area contributed by atoms with Gasteiger partial charge in [-0.15, -0.1) is 0 Å². The van der Waals surface area contributed by atoms with Crippen LogP contribution in [0.4, 0.5) is 5.69 Å². The highest BCUT2D eigenvalue weighted by atomic mass is 16.2. The first kappa shape index (κ1) is 14.9. The molecular formula is C17H26N2O. The Morgan fingerprint density at radius 1 is 1.20 bits per heavy atom. The number of benzene rings is 1. The molecule has 20 heavy (non-hydrogen) atoms. The van der Waals surface area contributed by atoms with Gasteiger partial charge in [-0.05, 0) is 42.9 Å². The molecule has 1 aliphatic rings. The first-order valence-electron chi connectivity index (χ1n) is 7.57. The lowest BCUT2D eigenvalue weighted by molar-refractivity contribution is 0.0827. The number of carbonyl (C=O) groups excluding carboxylic acids is 1. The molecule has 0 spiro atoms. The minimum absolute atomic E-state index is 0.0541. The van der Waals surface area contributed by atoms with Crippen LogP contribution in [-0.2, 0) is 0 Å². The lowest BCUT2D eigenvalue weighted by Crippen LogP contribution is -2.37. The minimum Gasteiger partial charge on any atom is -0.382 e. The Morgan fingerprint density at radius 2 is 1.85 bits per heavy atom. The highest BCUT2D eigenvalue weighted by Crippen LogP contribution is 2.31. The van der Waals surface area contributed by atoms with Gasteiger partial charge < -0.3 is 10.2 Å². The zero-order valence-corrected chi connectivity index (χ0v) is 13.0. The molecule has 1 aromatic rings. The molecule has 2 rings (SSSR count). The predicted octanol–water partition coefficient (Wildman–Crippen LogP) is 3.63. The quantitative estimate of drug-likeness (QED) is 0.913. The summed E-state index contributed by atoms with van der Waals surface area (Å²) in [4.78, 5) is 13.6. The fraction of sp³-hybridized carbons (Fsp3) is 0.588. The Bertz CT molecular complexity index is 460. The molecule has 0 aromatic heterocycles. The normalized spacial score (nSPS) is 26.1. The van der Waals surface area contributed by atoms with E-state index in [-0.39, 0.29) is 5.91 Å². The first-order valence-corrected chi connectivity index (χ1v) is 7.57. The van der Waals surface area contributed by atoms with Crippen LogP contribution in [0.2, 0.25) is 0 Å². The van der Waals surface area contributed by atoms with Gasteiger partial charge in [-0.3, -0.25) is 4.79 Å². The molecule has 2 atom stereocenters. The van der Waals surface area contributed by atoms with Crippen LogP contribution in [0.3, 0.4) is 0 Å². The van der Waals surface area contributed by atoms with Gasteiger partial charge in [-0.2, -0.15) is 0 Å². The summed E-state index contributed by atoms with van der Waals surface area (Å²) in [6.07, 6.45) is 3.91. The standard InChI is InChI=1S/C17H26N2O/c1-12-7-5-8-13(2)16(12)18-15-10-6-9-14(11-15)17(20)19(3)4/h6,9-13,16,18H,5,7-8H2,1-4H3. The van der Waals surface area contributed by atoms with E-state index in [2.05, 4.69) is 25.2 Å². The van der Waals surface area contributed by atoms with Crippen molar-refractivity contribution in [3.8, 4) is 0 Å². The van der Waals surface area contributed by atoms with E-state index in [4.69, 9.17) is 0 Å². The van der Waals surface area contributed by atoms with Gasteiger partial charge in [0.25, 0.3) is 5.91 Å². The molecule has 0 aliphatic heterocycles. The molecule has 0 bridgehead atoms. The Morgan fingerprint density at radius 3 is 2.45 bits per heavy atom. The Labute approximate surface area is 122 Å². The number of nitrogens with one attached hydrogen (secondary N) is 1. The summed E-state index contributed by atoms with van der Waals surface area (Å²) in [5.41, 5.74) is 1.81. The van der Waals surface area contributed by atoms with Crippen LogP contribution < -0.4 is 5.32 Å². The van der Waals surface area contributed by atoms with Crippen molar-refractivity contribution in [2.45, 2.75) is 39.2 Å². The molecule has 0 radical (unpaired) electrons. The van der Waals surface area contributed by atoms with Crippen molar-refractivity contribution >= 4 is 11.6 Å². The minimum atomic E-state index is 0.0541. The summed E-state index contributed by atoms with van der Waals surface area (Å²) in [5, 5.41) is 3.64. The third-order valence-corrected chi connectivity index (χ3v) is 4.39. The second-order valence-electron chi connectivity index (χ2n) is 6.34. The molecule has 1 amide bonds. The van der Waals surface area contributed by atoms with Crippen molar-refractivity contribution in [2.24, 2.45) is 11.8 Å². The summed E-state index contributed by atoms with van der Waals surface area (Å²) in [7, 11) is 3.57. The lowest BCUT2D eigenvalue weighted by Gasteiger charge is -2.36. The van der Waals surface area contributed by atoms with Gasteiger partial charge in [0.05, 0.1) is 0 Å². The molecule has 1 saturated carbocycles. The molecule has 1 fully saturated rings. The van der Waals surface area contributed by atoms with E-state index in [1.54, 1.807) is 19.0 Å². The number of rotatable bonds is 3. The predicted molar refractivity (Wildman–Crippen MR) is 84.0 cm³/mol. The summed E-state index contributed by atoms with van der Waals surface area (Å²) in [5.74, 6) is 1.43. The maximum atomic E-state index is 12.0. The summed E-state index contributed by atoms with van der Waals surface area (Å²) in [6, 6.07) is 8.36. The first-order chi connectivity index (χ1) is 9.49. The summed E-state index contributed by atoms with van der Waals surface area (Å²) in [6.45, 7) is 4.64. The number of anilines is 1. The van der Waals surface area contributed by atoms with Crippen LogP contribution >= 0.6 is 0 Å². The van der Waals surface area contributed by atoms with E-state index in [1.807, 2.05) is 18.2 Å². The molecule has 2 unspecified atom stereocenters. The number of hydrogen-bond donors (Lipinski definition) is 1. The molecule has 110 valence electrons. The number of carbonyl (C=O) groups is 1. The third kappa shape index (κ3) is 3.33. The number of hydrogen-bond acceptors (Lipinski definition) is 2. The molecule has 3 nitrogen and oxygen atoms in total. The van der Waals surface area contributed by atoms with Gasteiger partial charge in [0.1, 0.15) is 0 Å². The van der Waals surface area contributed by atoms with Crippen molar-refractivity contribution in [1.29, 1.82) is 0 Å². The van der Waals surface area contributed by atoms with Crippen LogP contribution in [0.25, 0.3) is 0 Å². The van der Waals surface area contributed by atoms with Gasteiger partial charge in [0, 0.05) is 31.4 Å². The largest absolute Gasteiger partial charge is 0.382 e. The van der Waals surface area contributed by atoms with Gasteiger partial charge >= 0.3 is 0 Å². The van der Waals surface area contributed by atoms with Crippen LogP contribution in [0.1, 0.15) is 43.5 Å². The van der Waals surface area contributed by atoms with Gasteiger partial charge in [0.15, 0.2) is 0 Å². The molecule has 0 saturated heterocycles. The Balaban J connectivity index is 2.13. The molecule has 1 aliphatic carbocycles. The van der Waals surface area contributed by atoms with Gasteiger partial charge in [0.2, 0.25) is 0 Å². The van der Waals surface area contributed by atoms with Crippen molar-refractivity contribution in [3.05, 3.63) is 29.8 Å². The fourth-order valence-electron chi connectivity index (χ4n) is 3.16.